The van der Waals surface area contributed by atoms with E-state index in [2.05, 4.69) is 5.32 Å². The summed E-state index contributed by atoms with van der Waals surface area (Å²) in [5.74, 6) is -1.54. The number of hydrogen-bond acceptors (Lipinski definition) is 5. The largest absolute Gasteiger partial charge is 0.479 e. The molecule has 6 heteroatoms. The van der Waals surface area contributed by atoms with Gasteiger partial charge in [-0.05, 0) is 0 Å². The Bertz CT molecular complexity index is 196. The maximum Gasteiger partial charge on any atom is 0.339 e. The van der Waals surface area contributed by atoms with E-state index in [0.717, 1.165) is 0 Å². The van der Waals surface area contributed by atoms with Crippen LogP contribution in [-0.2, 0) is 4.79 Å². The van der Waals surface area contributed by atoms with E-state index in [1.807, 2.05) is 0 Å². The first-order valence-corrected chi connectivity index (χ1v) is 3.51. The average Bonchev–Trinajstić information content (AvgIpc) is 2.00. The minimum atomic E-state index is -2.28. The summed E-state index contributed by atoms with van der Waals surface area (Å²) in [6, 6.07) is 0. The number of aliphatic carboxylic acids is 1. The Morgan fingerprint density at radius 2 is 2.08 bits per heavy atom. The monoisotopic (exact) mass is 177 g/mol. The molecule has 0 saturated carbocycles. The normalized spacial score (nSPS) is 42.6. The summed E-state index contributed by atoms with van der Waals surface area (Å²) in [4.78, 5) is 10.5. The van der Waals surface area contributed by atoms with Gasteiger partial charge in [-0.2, -0.15) is 0 Å². The quantitative estimate of drug-likeness (QED) is 0.294. The number of carbonyl (C=O) groups is 1. The standard InChI is InChI=1S/C6H11NO5/c8-3-1-7-2-6(12,4(3)9)5(10)11/h3-4,7-9,12H,1-2H2,(H,10,11)/t3?,4-,6-/m1/s1. The van der Waals surface area contributed by atoms with Gasteiger partial charge in [0.25, 0.3) is 0 Å². The molecule has 1 fully saturated rings. The van der Waals surface area contributed by atoms with Crippen LogP contribution < -0.4 is 5.32 Å². The van der Waals surface area contributed by atoms with Gasteiger partial charge >= 0.3 is 5.97 Å². The maximum atomic E-state index is 10.5. The number of β-amino-alcohol motifs (C(OH)–C–C–N with tert-alkyl or cyclic N) is 2. The van der Waals surface area contributed by atoms with E-state index in [0.29, 0.717) is 0 Å². The highest BCUT2D eigenvalue weighted by molar-refractivity contribution is 5.78. The molecule has 70 valence electrons. The van der Waals surface area contributed by atoms with E-state index in [9.17, 15) is 9.90 Å². The van der Waals surface area contributed by atoms with Crippen LogP contribution in [0.15, 0.2) is 0 Å². The van der Waals surface area contributed by atoms with Crippen molar-refractivity contribution in [3.8, 4) is 0 Å². The van der Waals surface area contributed by atoms with Crippen molar-refractivity contribution in [2.45, 2.75) is 17.8 Å². The van der Waals surface area contributed by atoms with Crippen LogP contribution in [0.5, 0.6) is 0 Å². The minimum Gasteiger partial charge on any atom is -0.479 e. The third-order valence-corrected chi connectivity index (χ3v) is 1.97. The predicted molar refractivity (Wildman–Crippen MR) is 37.5 cm³/mol. The smallest absolute Gasteiger partial charge is 0.339 e. The second-order valence-corrected chi connectivity index (χ2v) is 2.87. The second-order valence-electron chi connectivity index (χ2n) is 2.87. The Kier molecular flexibility index (Phi) is 2.34. The lowest BCUT2D eigenvalue weighted by molar-refractivity contribution is -0.186. The van der Waals surface area contributed by atoms with Crippen molar-refractivity contribution in [2.75, 3.05) is 13.1 Å². The molecule has 0 spiro atoms. The van der Waals surface area contributed by atoms with Crippen molar-refractivity contribution in [2.24, 2.45) is 0 Å². The molecule has 6 nitrogen and oxygen atoms in total. The zero-order valence-electron chi connectivity index (χ0n) is 6.27. The van der Waals surface area contributed by atoms with Crippen molar-refractivity contribution in [3.05, 3.63) is 0 Å². The summed E-state index contributed by atoms with van der Waals surface area (Å²) >= 11 is 0. The summed E-state index contributed by atoms with van der Waals surface area (Å²) in [5, 5.41) is 38.5. The second kappa shape index (κ2) is 2.98. The number of rotatable bonds is 1. The first-order chi connectivity index (χ1) is 5.48. The van der Waals surface area contributed by atoms with Crippen LogP contribution in [0.25, 0.3) is 0 Å². The summed E-state index contributed by atoms with van der Waals surface area (Å²) in [5.41, 5.74) is -2.28. The number of piperidine rings is 1. The first kappa shape index (κ1) is 9.40. The molecule has 0 aromatic rings. The zero-order valence-corrected chi connectivity index (χ0v) is 6.27. The van der Waals surface area contributed by atoms with Crippen molar-refractivity contribution >= 4 is 5.97 Å². The molecule has 0 radical (unpaired) electrons. The third-order valence-electron chi connectivity index (χ3n) is 1.97. The molecule has 0 amide bonds. The van der Waals surface area contributed by atoms with Crippen LogP contribution in [0.4, 0.5) is 0 Å². The molecular weight excluding hydrogens is 166 g/mol. The molecule has 12 heavy (non-hydrogen) atoms. The van der Waals surface area contributed by atoms with E-state index in [4.69, 9.17) is 15.3 Å². The molecular formula is C6H11NO5. The van der Waals surface area contributed by atoms with Crippen LogP contribution in [0.2, 0.25) is 0 Å². The van der Waals surface area contributed by atoms with Crippen molar-refractivity contribution < 1.29 is 25.2 Å². The molecule has 1 unspecified atom stereocenters. The van der Waals surface area contributed by atoms with Crippen LogP contribution in [0.1, 0.15) is 0 Å². The SMILES string of the molecule is O=C(O)[C@@]1(O)CNCC(O)[C@H]1O. The molecule has 0 aromatic carbocycles. The number of aliphatic hydroxyl groups is 3. The molecule has 1 aliphatic rings. The van der Waals surface area contributed by atoms with Gasteiger partial charge in [-0.15, -0.1) is 0 Å². The van der Waals surface area contributed by atoms with Gasteiger partial charge < -0.3 is 25.7 Å². The third kappa shape index (κ3) is 1.29. The van der Waals surface area contributed by atoms with E-state index in [-0.39, 0.29) is 13.1 Å². The van der Waals surface area contributed by atoms with Gasteiger partial charge in [0.15, 0.2) is 0 Å². The fourth-order valence-electron chi connectivity index (χ4n) is 1.15. The fraction of sp³-hybridized carbons (Fsp3) is 0.833. The van der Waals surface area contributed by atoms with Gasteiger partial charge in [0.1, 0.15) is 6.10 Å². The topological polar surface area (TPSA) is 110 Å². The molecule has 1 heterocycles. The van der Waals surface area contributed by atoms with E-state index in [1.54, 1.807) is 0 Å². The number of carboxylic acids is 1. The predicted octanol–water partition coefficient (Wildman–Crippen LogP) is -2.87. The highest BCUT2D eigenvalue weighted by Gasteiger charge is 2.49. The minimum absolute atomic E-state index is 0.0801. The number of nitrogens with one attached hydrogen (secondary N) is 1. The van der Waals surface area contributed by atoms with E-state index >= 15 is 0 Å². The summed E-state index contributed by atoms with van der Waals surface area (Å²) < 4.78 is 0. The first-order valence-electron chi connectivity index (χ1n) is 3.51. The van der Waals surface area contributed by atoms with Gasteiger partial charge in [-0.3, -0.25) is 0 Å². The van der Waals surface area contributed by atoms with E-state index in [1.165, 1.54) is 0 Å². The molecule has 1 rings (SSSR count). The molecule has 3 atom stereocenters. The summed E-state index contributed by atoms with van der Waals surface area (Å²) in [6.07, 6.45) is -2.89. The van der Waals surface area contributed by atoms with Crippen LogP contribution in [0.3, 0.4) is 0 Å². The Morgan fingerprint density at radius 3 is 2.50 bits per heavy atom. The summed E-state index contributed by atoms with van der Waals surface area (Å²) in [7, 11) is 0. The molecule has 1 aliphatic heterocycles. The van der Waals surface area contributed by atoms with E-state index < -0.39 is 23.8 Å². The Morgan fingerprint density at radius 1 is 1.50 bits per heavy atom. The lowest BCUT2D eigenvalue weighted by Crippen LogP contribution is -2.66. The zero-order chi connectivity index (χ0) is 9.35. The number of hydrogen-bond donors (Lipinski definition) is 5. The highest BCUT2D eigenvalue weighted by Crippen LogP contribution is 2.17. The van der Waals surface area contributed by atoms with Crippen molar-refractivity contribution in [3.63, 3.8) is 0 Å². The fourth-order valence-corrected chi connectivity index (χ4v) is 1.15. The van der Waals surface area contributed by atoms with Crippen LogP contribution in [-0.4, -0.2) is 57.3 Å². The van der Waals surface area contributed by atoms with Crippen LogP contribution in [0, 0.1) is 0 Å². The maximum absolute atomic E-state index is 10.5. The molecule has 0 aliphatic carbocycles. The van der Waals surface area contributed by atoms with Gasteiger partial charge in [0.05, 0.1) is 6.10 Å². The Labute approximate surface area is 68.4 Å². The van der Waals surface area contributed by atoms with Gasteiger partial charge in [0, 0.05) is 13.1 Å². The average molecular weight is 177 g/mol. The molecule has 5 N–H and O–H groups in total. The van der Waals surface area contributed by atoms with Gasteiger partial charge in [-0.25, -0.2) is 4.79 Å². The Hall–Kier alpha value is -0.690. The van der Waals surface area contributed by atoms with Crippen molar-refractivity contribution in [1.82, 2.24) is 5.32 Å². The molecule has 0 bridgehead atoms. The summed E-state index contributed by atoms with van der Waals surface area (Å²) in [6.45, 7) is -0.183. The Balaban J connectivity index is 2.81. The van der Waals surface area contributed by atoms with Gasteiger partial charge in [0.2, 0.25) is 5.60 Å². The number of carboxylic acid groups (broad SMARTS) is 1. The molecule has 0 aromatic heterocycles. The van der Waals surface area contributed by atoms with Crippen LogP contribution >= 0.6 is 0 Å². The van der Waals surface area contributed by atoms with Gasteiger partial charge in [-0.1, -0.05) is 0 Å². The highest BCUT2D eigenvalue weighted by atomic mass is 16.4. The molecule has 1 saturated heterocycles. The van der Waals surface area contributed by atoms with Crippen molar-refractivity contribution in [1.29, 1.82) is 0 Å². The lowest BCUT2D eigenvalue weighted by Gasteiger charge is -2.36. The number of aliphatic hydroxyl groups excluding tert-OH is 2. The lowest BCUT2D eigenvalue weighted by atomic mass is 9.89.